The molecule has 0 saturated heterocycles. The lowest BCUT2D eigenvalue weighted by atomic mass is 10.1. The summed E-state index contributed by atoms with van der Waals surface area (Å²) >= 11 is 0. The Balaban J connectivity index is 1.51. The fraction of sp³-hybridized carbons (Fsp3) is 0.0870. The number of rotatable bonds is 6. The van der Waals surface area contributed by atoms with Crippen molar-refractivity contribution in [2.75, 3.05) is 12.4 Å². The number of pyridine rings is 2. The van der Waals surface area contributed by atoms with Crippen LogP contribution in [0, 0.1) is 11.3 Å². The van der Waals surface area contributed by atoms with Gasteiger partial charge in [-0.25, -0.2) is 9.97 Å². The van der Waals surface area contributed by atoms with Crippen molar-refractivity contribution in [1.29, 1.82) is 5.26 Å². The molecule has 1 N–H and O–H groups in total. The molecular formula is C23H18N4O2. The van der Waals surface area contributed by atoms with Crippen molar-refractivity contribution in [2.24, 2.45) is 0 Å². The molecule has 0 aliphatic heterocycles. The molecule has 2 aromatic carbocycles. The van der Waals surface area contributed by atoms with E-state index >= 15 is 0 Å². The summed E-state index contributed by atoms with van der Waals surface area (Å²) in [4.78, 5) is 8.62. The van der Waals surface area contributed by atoms with Gasteiger partial charge < -0.3 is 14.8 Å². The Hall–Kier alpha value is -4.11. The molecule has 0 aliphatic carbocycles. The van der Waals surface area contributed by atoms with Gasteiger partial charge in [-0.2, -0.15) is 5.26 Å². The molecule has 4 aromatic rings. The van der Waals surface area contributed by atoms with E-state index in [2.05, 4.69) is 21.4 Å². The van der Waals surface area contributed by atoms with Crippen LogP contribution in [-0.2, 0) is 6.54 Å². The van der Waals surface area contributed by atoms with Crippen LogP contribution in [0.2, 0.25) is 0 Å². The third-order valence-electron chi connectivity index (χ3n) is 4.39. The third-order valence-corrected chi connectivity index (χ3v) is 4.39. The van der Waals surface area contributed by atoms with Gasteiger partial charge in [0, 0.05) is 29.9 Å². The number of hydrogen-bond donors (Lipinski definition) is 1. The Morgan fingerprint density at radius 1 is 1.00 bits per heavy atom. The van der Waals surface area contributed by atoms with Crippen LogP contribution in [0.4, 0.5) is 5.69 Å². The van der Waals surface area contributed by atoms with Crippen molar-refractivity contribution >= 4 is 16.6 Å². The first-order chi connectivity index (χ1) is 14.2. The van der Waals surface area contributed by atoms with Crippen LogP contribution in [0.1, 0.15) is 11.3 Å². The monoisotopic (exact) mass is 382 g/mol. The smallest absolute Gasteiger partial charge is 0.219 e. The van der Waals surface area contributed by atoms with Gasteiger partial charge in [0.25, 0.3) is 0 Å². The van der Waals surface area contributed by atoms with E-state index in [0.717, 1.165) is 27.9 Å². The highest BCUT2D eigenvalue weighted by atomic mass is 16.5. The molecule has 29 heavy (non-hydrogen) atoms. The zero-order valence-corrected chi connectivity index (χ0v) is 15.8. The van der Waals surface area contributed by atoms with Gasteiger partial charge in [0.2, 0.25) is 5.88 Å². The first-order valence-electron chi connectivity index (χ1n) is 9.06. The SMILES string of the molecule is COc1ccc(Oc2cc(CNc3cc(C#N)nc4ccccc34)ccn2)cc1. The lowest BCUT2D eigenvalue weighted by molar-refractivity contribution is 0.412. The van der Waals surface area contributed by atoms with Crippen molar-refractivity contribution in [3.05, 3.63) is 84.2 Å². The molecule has 0 aliphatic rings. The number of hydrogen-bond acceptors (Lipinski definition) is 6. The van der Waals surface area contributed by atoms with Crippen molar-refractivity contribution < 1.29 is 9.47 Å². The number of ether oxygens (including phenoxy) is 2. The van der Waals surface area contributed by atoms with Gasteiger partial charge in [-0.1, -0.05) is 18.2 Å². The number of para-hydroxylation sites is 1. The molecule has 0 radical (unpaired) electrons. The number of nitrogens with zero attached hydrogens (tertiary/aromatic N) is 3. The van der Waals surface area contributed by atoms with Crippen LogP contribution < -0.4 is 14.8 Å². The minimum Gasteiger partial charge on any atom is -0.497 e. The number of anilines is 1. The van der Waals surface area contributed by atoms with Gasteiger partial charge in [-0.15, -0.1) is 0 Å². The maximum absolute atomic E-state index is 9.24. The summed E-state index contributed by atoms with van der Waals surface area (Å²) in [6.45, 7) is 0.556. The number of nitriles is 1. The zero-order chi connectivity index (χ0) is 20.1. The molecule has 4 rings (SSSR count). The Morgan fingerprint density at radius 3 is 2.59 bits per heavy atom. The van der Waals surface area contributed by atoms with Crippen molar-refractivity contribution in [2.45, 2.75) is 6.54 Å². The minimum atomic E-state index is 0.379. The molecule has 0 amide bonds. The predicted octanol–water partition coefficient (Wildman–Crippen LogP) is 4.91. The molecule has 0 atom stereocenters. The molecule has 0 bridgehead atoms. The van der Waals surface area contributed by atoms with Crippen molar-refractivity contribution in [3.63, 3.8) is 0 Å². The van der Waals surface area contributed by atoms with Gasteiger partial charge in [0.15, 0.2) is 0 Å². The van der Waals surface area contributed by atoms with Gasteiger partial charge in [-0.05, 0) is 48.0 Å². The van der Waals surface area contributed by atoms with E-state index in [0.29, 0.717) is 23.9 Å². The van der Waals surface area contributed by atoms with E-state index in [4.69, 9.17) is 9.47 Å². The second-order valence-electron chi connectivity index (χ2n) is 6.32. The standard InChI is InChI=1S/C23H18N4O2/c1-28-18-6-8-19(9-7-18)29-23-12-16(10-11-25-23)15-26-22-13-17(14-24)27-21-5-3-2-4-20(21)22/h2-13H,15H2,1H3,(H,26,27). The van der Waals surface area contributed by atoms with E-state index in [1.54, 1.807) is 19.4 Å². The number of methoxy groups -OCH3 is 1. The average Bonchev–Trinajstić information content (AvgIpc) is 2.78. The molecule has 0 unspecified atom stereocenters. The van der Waals surface area contributed by atoms with E-state index < -0.39 is 0 Å². The summed E-state index contributed by atoms with van der Waals surface area (Å²) in [5.74, 6) is 1.96. The number of benzene rings is 2. The quantitative estimate of drug-likeness (QED) is 0.510. The molecule has 142 valence electrons. The number of fused-ring (bicyclic) bond motifs is 1. The molecule has 2 heterocycles. The lowest BCUT2D eigenvalue weighted by Gasteiger charge is -2.11. The second-order valence-corrected chi connectivity index (χ2v) is 6.32. The summed E-state index contributed by atoms with van der Waals surface area (Å²) in [6, 6.07) is 22.7. The van der Waals surface area contributed by atoms with Crippen LogP contribution in [0.15, 0.2) is 72.9 Å². The van der Waals surface area contributed by atoms with Gasteiger partial charge >= 0.3 is 0 Å². The minimum absolute atomic E-state index is 0.379. The fourth-order valence-corrected chi connectivity index (χ4v) is 2.96. The van der Waals surface area contributed by atoms with Crippen LogP contribution in [0.3, 0.4) is 0 Å². The van der Waals surface area contributed by atoms with Crippen molar-refractivity contribution in [1.82, 2.24) is 9.97 Å². The number of nitrogens with one attached hydrogen (secondary N) is 1. The average molecular weight is 382 g/mol. The Morgan fingerprint density at radius 2 is 1.79 bits per heavy atom. The maximum Gasteiger partial charge on any atom is 0.219 e. The lowest BCUT2D eigenvalue weighted by Crippen LogP contribution is -2.02. The Kier molecular flexibility index (Phi) is 5.21. The van der Waals surface area contributed by atoms with Crippen LogP contribution >= 0.6 is 0 Å². The van der Waals surface area contributed by atoms with E-state index in [1.807, 2.05) is 60.7 Å². The highest BCUT2D eigenvalue weighted by molar-refractivity contribution is 5.91. The van der Waals surface area contributed by atoms with E-state index in [9.17, 15) is 5.26 Å². The molecule has 0 fully saturated rings. The summed E-state index contributed by atoms with van der Waals surface area (Å²) < 4.78 is 11.0. The summed E-state index contributed by atoms with van der Waals surface area (Å²) in [7, 11) is 1.62. The van der Waals surface area contributed by atoms with Crippen LogP contribution in [0.5, 0.6) is 17.4 Å². The molecule has 0 saturated carbocycles. The predicted molar refractivity (Wildman–Crippen MR) is 111 cm³/mol. The van der Waals surface area contributed by atoms with Gasteiger partial charge in [0.05, 0.1) is 12.6 Å². The molecular weight excluding hydrogens is 364 g/mol. The molecule has 6 nitrogen and oxygen atoms in total. The highest BCUT2D eigenvalue weighted by Crippen LogP contribution is 2.25. The zero-order valence-electron chi connectivity index (χ0n) is 15.8. The highest BCUT2D eigenvalue weighted by Gasteiger charge is 2.06. The van der Waals surface area contributed by atoms with Crippen LogP contribution in [-0.4, -0.2) is 17.1 Å². The van der Waals surface area contributed by atoms with Crippen LogP contribution in [0.25, 0.3) is 10.9 Å². The summed E-state index contributed by atoms with van der Waals surface area (Å²) in [5.41, 5.74) is 3.03. The van der Waals surface area contributed by atoms with E-state index in [-0.39, 0.29) is 0 Å². The maximum atomic E-state index is 9.24. The Labute approximate surface area is 168 Å². The first kappa shape index (κ1) is 18.3. The summed E-state index contributed by atoms with van der Waals surface area (Å²) in [5, 5.41) is 13.6. The second kappa shape index (κ2) is 8.28. The normalized spacial score (nSPS) is 10.3. The van der Waals surface area contributed by atoms with Gasteiger partial charge in [-0.3, -0.25) is 0 Å². The topological polar surface area (TPSA) is 80.1 Å². The third kappa shape index (κ3) is 4.25. The Bertz CT molecular complexity index is 1180. The van der Waals surface area contributed by atoms with Gasteiger partial charge in [0.1, 0.15) is 23.3 Å². The first-order valence-corrected chi connectivity index (χ1v) is 9.06. The summed E-state index contributed by atoms with van der Waals surface area (Å²) in [6.07, 6.45) is 1.71. The fourth-order valence-electron chi connectivity index (χ4n) is 2.96. The van der Waals surface area contributed by atoms with E-state index in [1.165, 1.54) is 0 Å². The molecule has 6 heteroatoms. The number of aromatic nitrogens is 2. The molecule has 0 spiro atoms. The van der Waals surface area contributed by atoms with Crippen molar-refractivity contribution in [3.8, 4) is 23.4 Å². The largest absolute Gasteiger partial charge is 0.497 e. The molecule has 2 aromatic heterocycles.